The number of carbonyl (C=O) groups is 1. The molecule has 2 aromatic carbocycles. The fourth-order valence-electron chi connectivity index (χ4n) is 2.24. The van der Waals surface area contributed by atoms with Crippen LogP contribution in [-0.2, 0) is 29.1 Å². The summed E-state index contributed by atoms with van der Waals surface area (Å²) in [7, 11) is 0. The Balaban J connectivity index is 0.000000240. The van der Waals surface area contributed by atoms with Crippen molar-refractivity contribution in [1.82, 2.24) is 0 Å². The Bertz CT molecular complexity index is 1160. The zero-order chi connectivity index (χ0) is 23.4. The van der Waals surface area contributed by atoms with Crippen LogP contribution >= 0.6 is 89.3 Å². The first-order valence-corrected chi connectivity index (χ1v) is 13.5. The third kappa shape index (κ3) is 11.1. The molecule has 0 aliphatic carbocycles. The van der Waals surface area contributed by atoms with Crippen LogP contribution in [0.25, 0.3) is 20.2 Å². The van der Waals surface area contributed by atoms with Gasteiger partial charge in [0.15, 0.2) is 10.6 Å². The maximum atomic E-state index is 10.5. The summed E-state index contributed by atoms with van der Waals surface area (Å²) in [5, 5.41) is 11.2. The summed E-state index contributed by atoms with van der Waals surface area (Å²) >= 11 is 22.9. The Kier molecular flexibility index (Phi) is 14.7. The molecule has 167 valence electrons. The van der Waals surface area contributed by atoms with Crippen molar-refractivity contribution in [2.75, 3.05) is 0 Å². The zero-order valence-electron chi connectivity index (χ0n) is 15.2. The standard InChI is InChI=1S/C9H7BrOS.C9H5BrOS.CHCl3.Mn.2O/c2*10-7-1-2-9-6(3-7)4-8(5-11)12-9;2-1(3)4;;;/h1-4,11H,5H2;1-5H;1H;;;. The molecule has 4 nitrogen and oxygen atoms in total. The number of carbonyl (C=O) groups excluding carboxylic acids is 1. The van der Waals surface area contributed by atoms with Gasteiger partial charge in [0.25, 0.3) is 0 Å². The number of fused-ring (bicyclic) bond motifs is 2. The number of aldehydes is 1. The number of aliphatic hydroxyl groups excluding tert-OH is 1. The van der Waals surface area contributed by atoms with Crippen LogP contribution in [0.2, 0.25) is 0 Å². The second-order valence-electron chi connectivity index (χ2n) is 5.31. The van der Waals surface area contributed by atoms with Gasteiger partial charge >= 0.3 is 22.5 Å². The van der Waals surface area contributed by atoms with Crippen molar-refractivity contribution in [1.29, 1.82) is 0 Å². The minimum atomic E-state index is -1.44. The number of halogens is 5. The van der Waals surface area contributed by atoms with E-state index in [9.17, 15) is 4.79 Å². The van der Waals surface area contributed by atoms with E-state index in [4.69, 9.17) is 47.6 Å². The summed E-state index contributed by atoms with van der Waals surface area (Å²) in [6.07, 6.45) is 0.887. The van der Waals surface area contributed by atoms with Crippen LogP contribution in [-0.4, -0.2) is 15.7 Å². The van der Waals surface area contributed by atoms with Crippen LogP contribution < -0.4 is 0 Å². The second kappa shape index (κ2) is 15.7. The number of benzene rings is 2. The number of hydrogen-bond acceptors (Lipinski definition) is 6. The molecule has 2 aromatic heterocycles. The van der Waals surface area contributed by atoms with Crippen molar-refractivity contribution in [3.63, 3.8) is 0 Å². The molecule has 31 heavy (non-hydrogen) atoms. The predicted octanol–water partition coefficient (Wildman–Crippen LogP) is 8.38. The van der Waals surface area contributed by atoms with Crippen LogP contribution in [0.1, 0.15) is 14.5 Å². The van der Waals surface area contributed by atoms with Crippen molar-refractivity contribution in [2.24, 2.45) is 0 Å². The van der Waals surface area contributed by atoms with E-state index in [1.807, 2.05) is 36.4 Å². The number of hydrogen-bond donors (Lipinski definition) is 1. The Morgan fingerprint density at radius 1 is 0.903 bits per heavy atom. The molecule has 0 unspecified atom stereocenters. The first-order valence-electron chi connectivity index (χ1n) is 7.98. The summed E-state index contributed by atoms with van der Waals surface area (Å²) in [5.41, 5.74) is 0. The number of aliphatic hydroxyl groups is 1. The van der Waals surface area contributed by atoms with Crippen molar-refractivity contribution in [3.05, 3.63) is 67.2 Å². The molecule has 0 aliphatic rings. The minimum absolute atomic E-state index is 0.136. The number of alkyl halides is 3. The van der Waals surface area contributed by atoms with E-state index >= 15 is 0 Å². The van der Waals surface area contributed by atoms with Gasteiger partial charge in [-0.2, -0.15) is 0 Å². The van der Waals surface area contributed by atoms with E-state index in [-0.39, 0.29) is 6.61 Å². The predicted molar refractivity (Wildman–Crippen MR) is 133 cm³/mol. The summed E-state index contributed by atoms with van der Waals surface area (Å²) in [6, 6.07) is 16.1. The molecule has 12 heteroatoms. The third-order valence-electron chi connectivity index (χ3n) is 3.30. The molecule has 0 bridgehead atoms. The molecule has 0 fully saturated rings. The van der Waals surface area contributed by atoms with Crippen LogP contribution in [0.15, 0.2) is 57.5 Å². The Morgan fingerprint density at radius 3 is 1.81 bits per heavy atom. The molecule has 0 aliphatic heterocycles. The van der Waals surface area contributed by atoms with Gasteiger partial charge in [0, 0.05) is 23.2 Å². The van der Waals surface area contributed by atoms with Gasteiger partial charge in [-0.05, 0) is 59.3 Å². The van der Waals surface area contributed by atoms with Crippen molar-refractivity contribution in [2.45, 2.75) is 10.9 Å². The van der Waals surface area contributed by atoms with Gasteiger partial charge in [-0.15, -0.1) is 22.7 Å². The molecule has 1 N–H and O–H groups in total. The molecule has 0 spiro atoms. The topological polar surface area (TPSA) is 71.4 Å². The van der Waals surface area contributed by atoms with E-state index in [2.05, 4.69) is 44.0 Å². The number of thiophene rings is 2. The summed E-state index contributed by atoms with van der Waals surface area (Å²) in [5.74, 6) is 0. The molecular formula is C19H13Br2Cl3MnO4S2. The quantitative estimate of drug-likeness (QED) is 0.130. The van der Waals surface area contributed by atoms with Crippen molar-refractivity contribution in [3.8, 4) is 0 Å². The maximum absolute atomic E-state index is 10.5. The van der Waals surface area contributed by atoms with Gasteiger partial charge in [0.2, 0.25) is 0 Å². The van der Waals surface area contributed by atoms with Gasteiger partial charge in [-0.1, -0.05) is 66.7 Å². The first-order chi connectivity index (χ1) is 14.7. The molecule has 0 radical (unpaired) electrons. The van der Waals surface area contributed by atoms with Gasteiger partial charge in [0.1, 0.15) is 0 Å². The zero-order valence-corrected chi connectivity index (χ0v) is 23.5. The summed E-state index contributed by atoms with van der Waals surface area (Å²) in [6.45, 7) is 0.136. The van der Waals surface area contributed by atoms with Crippen LogP contribution in [0.4, 0.5) is 0 Å². The van der Waals surface area contributed by atoms with E-state index in [0.29, 0.717) is 0 Å². The van der Waals surface area contributed by atoms with Crippen LogP contribution in [0, 0.1) is 0 Å². The Morgan fingerprint density at radius 2 is 1.35 bits per heavy atom. The molecule has 4 aromatic rings. The fraction of sp³-hybridized carbons (Fsp3) is 0.105. The average Bonchev–Trinajstić information content (AvgIpc) is 3.31. The molecule has 0 saturated carbocycles. The van der Waals surface area contributed by atoms with E-state index in [0.717, 1.165) is 35.1 Å². The molecule has 0 atom stereocenters. The SMILES string of the molecule is ClC(Cl)Cl.O=Cc1cc2cc(Br)ccc2s1.OCc1cc2cc(Br)ccc2s1.[O]=[Mn]=[O]. The summed E-state index contributed by atoms with van der Waals surface area (Å²) in [4.78, 5) is 12.3. The molecule has 0 saturated heterocycles. The normalized spacial score (nSPS) is 9.77. The molecule has 0 amide bonds. The Labute approximate surface area is 224 Å². The van der Waals surface area contributed by atoms with Gasteiger partial charge in [-0.3, -0.25) is 4.79 Å². The van der Waals surface area contributed by atoms with Crippen LogP contribution in [0.5, 0.6) is 0 Å². The second-order valence-corrected chi connectivity index (χ2v) is 11.6. The van der Waals surface area contributed by atoms with E-state index in [1.165, 1.54) is 21.4 Å². The van der Waals surface area contributed by atoms with Gasteiger partial charge in [-0.25, -0.2) is 0 Å². The molecular weight excluding hydrogens is 677 g/mol. The molecule has 2 heterocycles. The van der Waals surface area contributed by atoms with E-state index < -0.39 is 19.1 Å². The van der Waals surface area contributed by atoms with Gasteiger partial charge in [0.05, 0.1) is 11.5 Å². The Hall–Kier alpha value is -0.0605. The third-order valence-corrected chi connectivity index (χ3v) is 6.43. The van der Waals surface area contributed by atoms with Crippen molar-refractivity contribution >= 4 is 116 Å². The molecule has 4 rings (SSSR count). The van der Waals surface area contributed by atoms with Crippen molar-refractivity contribution < 1.29 is 32.4 Å². The average molecular weight is 691 g/mol. The first kappa shape index (κ1) is 29.0. The monoisotopic (exact) mass is 687 g/mol. The van der Waals surface area contributed by atoms with Gasteiger partial charge < -0.3 is 5.11 Å². The number of rotatable bonds is 2. The van der Waals surface area contributed by atoms with Crippen LogP contribution in [0.3, 0.4) is 0 Å². The summed E-state index contributed by atoms with van der Waals surface area (Å²) < 4.78 is 20.6. The van der Waals surface area contributed by atoms with E-state index in [1.54, 1.807) is 11.3 Å². The fourth-order valence-corrected chi connectivity index (χ4v) is 4.76.